The minimum Gasteiger partial charge on any atom is -0.390 e. The number of aliphatic hydroxyl groups is 1. The van der Waals surface area contributed by atoms with Crippen LogP contribution >= 0.6 is 0 Å². The maximum atomic E-state index is 11.0. The predicted octanol–water partition coefficient (Wildman–Crippen LogP) is 4.49. The Balaban J connectivity index is 2.85. The van der Waals surface area contributed by atoms with E-state index in [4.69, 9.17) is 4.74 Å². The topological polar surface area (TPSA) is 29.5 Å². The summed E-state index contributed by atoms with van der Waals surface area (Å²) in [6.07, 6.45) is 4.51. The molecule has 0 fully saturated rings. The van der Waals surface area contributed by atoms with Gasteiger partial charge in [0.25, 0.3) is 0 Å². The molecule has 0 radical (unpaired) electrons. The van der Waals surface area contributed by atoms with Crippen molar-refractivity contribution >= 4 is 8.07 Å². The molecule has 0 saturated carbocycles. The smallest absolute Gasteiger partial charge is 0.127 e. The van der Waals surface area contributed by atoms with Crippen LogP contribution < -0.4 is 0 Å². The Morgan fingerprint density at radius 1 is 1.14 bits per heavy atom. The largest absolute Gasteiger partial charge is 0.390 e. The summed E-state index contributed by atoms with van der Waals surface area (Å²) in [6, 6.07) is 10.2. The Morgan fingerprint density at radius 2 is 1.71 bits per heavy atom. The molecule has 3 heteroatoms. The standard InChI is InChI=1S/C18H30O2Si/c1-7-13-18(5,19)21(6,17(2,3)4)15-20-14-16-11-9-8-10-12-16/h7-13,19H,14-15H2,1-6H3/b13-7+/t18-,21-/m0/s1. The monoisotopic (exact) mass is 306 g/mol. The molecule has 0 unspecified atom stereocenters. The summed E-state index contributed by atoms with van der Waals surface area (Å²) >= 11 is 0. The molecule has 21 heavy (non-hydrogen) atoms. The van der Waals surface area contributed by atoms with E-state index in [0.29, 0.717) is 12.8 Å². The number of allylic oxidation sites excluding steroid dienone is 1. The van der Waals surface area contributed by atoms with E-state index in [0.717, 1.165) is 0 Å². The van der Waals surface area contributed by atoms with Crippen LogP contribution in [0.2, 0.25) is 11.6 Å². The first kappa shape index (κ1) is 18.1. The van der Waals surface area contributed by atoms with Gasteiger partial charge in [0.15, 0.2) is 0 Å². The third kappa shape index (κ3) is 4.28. The van der Waals surface area contributed by atoms with Gasteiger partial charge in [-0.1, -0.05) is 69.8 Å². The van der Waals surface area contributed by atoms with Gasteiger partial charge in [-0.2, -0.15) is 0 Å². The lowest BCUT2D eigenvalue weighted by molar-refractivity contribution is 0.129. The quantitative estimate of drug-likeness (QED) is 0.620. The molecule has 1 rings (SSSR count). The highest BCUT2D eigenvalue weighted by atomic mass is 28.3. The fourth-order valence-electron chi connectivity index (χ4n) is 2.58. The van der Waals surface area contributed by atoms with Crippen LogP contribution in [0.1, 0.15) is 40.2 Å². The molecule has 0 spiro atoms. The van der Waals surface area contributed by atoms with E-state index >= 15 is 0 Å². The van der Waals surface area contributed by atoms with Gasteiger partial charge >= 0.3 is 0 Å². The molecule has 2 atom stereocenters. The number of rotatable bonds is 6. The maximum Gasteiger partial charge on any atom is 0.127 e. The Bertz CT molecular complexity index is 460. The van der Waals surface area contributed by atoms with Crippen molar-refractivity contribution in [1.82, 2.24) is 0 Å². The van der Waals surface area contributed by atoms with Gasteiger partial charge < -0.3 is 9.84 Å². The van der Waals surface area contributed by atoms with Crippen molar-refractivity contribution in [2.45, 2.75) is 58.0 Å². The Morgan fingerprint density at radius 3 is 2.19 bits per heavy atom. The molecular weight excluding hydrogens is 276 g/mol. The van der Waals surface area contributed by atoms with Gasteiger partial charge in [0.05, 0.1) is 11.8 Å². The van der Waals surface area contributed by atoms with Crippen LogP contribution in [0, 0.1) is 0 Å². The highest BCUT2D eigenvalue weighted by Crippen LogP contribution is 2.43. The van der Waals surface area contributed by atoms with E-state index in [1.807, 2.05) is 44.2 Å². The summed E-state index contributed by atoms with van der Waals surface area (Å²) < 4.78 is 6.01. The van der Waals surface area contributed by atoms with Crippen LogP contribution in [-0.2, 0) is 11.3 Å². The second-order valence-electron chi connectivity index (χ2n) is 7.21. The summed E-state index contributed by atoms with van der Waals surface area (Å²) in [5, 5.41) is 10.2. The fourth-order valence-corrected chi connectivity index (χ4v) is 5.87. The highest BCUT2D eigenvalue weighted by molar-refractivity contribution is 6.84. The van der Waals surface area contributed by atoms with Gasteiger partial charge in [-0.15, -0.1) is 0 Å². The van der Waals surface area contributed by atoms with Crippen LogP contribution in [0.4, 0.5) is 0 Å². The molecule has 0 aliphatic carbocycles. The van der Waals surface area contributed by atoms with Gasteiger partial charge in [-0.25, -0.2) is 0 Å². The summed E-state index contributed by atoms with van der Waals surface area (Å²) in [7, 11) is -2.11. The molecule has 0 bridgehead atoms. The molecule has 0 amide bonds. The molecule has 1 aromatic carbocycles. The molecular formula is C18H30O2Si. The molecule has 0 aliphatic heterocycles. The highest BCUT2D eigenvalue weighted by Gasteiger charge is 2.52. The molecule has 118 valence electrons. The number of ether oxygens (including phenoxy) is 1. The summed E-state index contributed by atoms with van der Waals surface area (Å²) in [5.41, 5.74) is 1.17. The van der Waals surface area contributed by atoms with Gasteiger partial charge in [0.2, 0.25) is 0 Å². The van der Waals surface area contributed by atoms with Crippen molar-refractivity contribution in [2.75, 3.05) is 6.23 Å². The first-order valence-corrected chi connectivity index (χ1v) is 10.3. The molecule has 0 aromatic heterocycles. The first-order chi connectivity index (χ1) is 9.64. The Kier molecular flexibility index (Phi) is 5.97. The molecule has 1 N–H and O–H groups in total. The number of hydrogen-bond acceptors (Lipinski definition) is 2. The SMILES string of the molecule is C/C=C/[C@@](C)(O)[Si@@](C)(COCc1ccccc1)C(C)(C)C. The van der Waals surface area contributed by atoms with E-state index in [9.17, 15) is 5.11 Å². The summed E-state index contributed by atoms with van der Waals surface area (Å²) in [5.74, 6) is 0. The van der Waals surface area contributed by atoms with Crippen molar-refractivity contribution in [1.29, 1.82) is 0 Å². The second-order valence-corrected chi connectivity index (χ2v) is 12.7. The summed E-state index contributed by atoms with van der Waals surface area (Å²) in [4.78, 5) is 0. The van der Waals surface area contributed by atoms with Crippen LogP contribution in [-0.4, -0.2) is 24.6 Å². The van der Waals surface area contributed by atoms with Crippen molar-refractivity contribution in [3.05, 3.63) is 48.0 Å². The first-order valence-electron chi connectivity index (χ1n) is 7.62. The van der Waals surface area contributed by atoms with Crippen LogP contribution in [0.25, 0.3) is 0 Å². The van der Waals surface area contributed by atoms with E-state index < -0.39 is 13.3 Å². The van der Waals surface area contributed by atoms with Gasteiger partial charge in [0.1, 0.15) is 8.07 Å². The third-order valence-electron chi connectivity index (χ3n) is 4.77. The lowest BCUT2D eigenvalue weighted by Gasteiger charge is -2.48. The summed E-state index contributed by atoms with van der Waals surface area (Å²) in [6.45, 7) is 13.4. The molecule has 0 heterocycles. The van der Waals surface area contributed by atoms with Crippen LogP contribution in [0.3, 0.4) is 0 Å². The average molecular weight is 307 g/mol. The van der Waals surface area contributed by atoms with Crippen LogP contribution in [0.5, 0.6) is 0 Å². The van der Waals surface area contributed by atoms with Gasteiger partial charge in [-0.3, -0.25) is 0 Å². The number of benzene rings is 1. The number of hydrogen-bond donors (Lipinski definition) is 1. The molecule has 1 aromatic rings. The van der Waals surface area contributed by atoms with Crippen molar-refractivity contribution in [3.8, 4) is 0 Å². The van der Waals surface area contributed by atoms with Gasteiger partial charge in [0, 0.05) is 6.23 Å². The lowest BCUT2D eigenvalue weighted by atomic mass is 10.2. The Labute approximate surface area is 130 Å². The van der Waals surface area contributed by atoms with E-state index in [1.54, 1.807) is 0 Å². The van der Waals surface area contributed by atoms with E-state index in [-0.39, 0.29) is 5.04 Å². The van der Waals surface area contributed by atoms with Crippen LogP contribution in [0.15, 0.2) is 42.5 Å². The minimum absolute atomic E-state index is 0.0483. The van der Waals surface area contributed by atoms with Crippen molar-refractivity contribution in [2.24, 2.45) is 0 Å². The minimum atomic E-state index is -2.11. The third-order valence-corrected chi connectivity index (χ3v) is 11.3. The Hall–Kier alpha value is -0.903. The lowest BCUT2D eigenvalue weighted by Crippen LogP contribution is -2.62. The molecule has 0 saturated heterocycles. The van der Waals surface area contributed by atoms with Crippen molar-refractivity contribution < 1.29 is 9.84 Å². The molecule has 0 aliphatic rings. The fraction of sp³-hybridized carbons (Fsp3) is 0.556. The predicted molar refractivity (Wildman–Crippen MR) is 92.9 cm³/mol. The molecule has 2 nitrogen and oxygen atoms in total. The van der Waals surface area contributed by atoms with E-state index in [1.165, 1.54) is 5.56 Å². The maximum absolute atomic E-state index is 11.0. The van der Waals surface area contributed by atoms with Crippen molar-refractivity contribution in [3.63, 3.8) is 0 Å². The van der Waals surface area contributed by atoms with Gasteiger partial charge in [-0.05, 0) is 24.4 Å². The zero-order chi connectivity index (χ0) is 16.1. The normalized spacial score (nSPS) is 18.4. The average Bonchev–Trinajstić information content (AvgIpc) is 2.38. The zero-order valence-corrected chi connectivity index (χ0v) is 15.3. The van der Waals surface area contributed by atoms with E-state index in [2.05, 4.69) is 39.5 Å². The zero-order valence-electron chi connectivity index (χ0n) is 14.3. The second kappa shape index (κ2) is 6.90.